The van der Waals surface area contributed by atoms with Gasteiger partial charge in [-0.25, -0.2) is 0 Å². The number of rotatable bonds is 13. The van der Waals surface area contributed by atoms with Gasteiger partial charge in [-0.1, -0.05) is 51.4 Å². The van der Waals surface area contributed by atoms with Crippen LogP contribution in [-0.2, 0) is 4.79 Å². The molecular formula is C18H34ClNO2. The van der Waals surface area contributed by atoms with Crippen molar-refractivity contribution in [2.24, 2.45) is 0 Å². The van der Waals surface area contributed by atoms with Crippen LogP contribution in [0.3, 0.4) is 0 Å². The number of likely N-dealkylation sites (tertiary alicyclic amines) is 1. The van der Waals surface area contributed by atoms with Crippen molar-refractivity contribution in [3.8, 4) is 0 Å². The monoisotopic (exact) mass is 331 g/mol. The van der Waals surface area contributed by atoms with Crippen molar-refractivity contribution >= 4 is 16.8 Å². The Morgan fingerprint density at radius 2 is 1.55 bits per heavy atom. The zero-order valence-electron chi connectivity index (χ0n) is 14.1. The first-order chi connectivity index (χ1) is 10.7. The van der Waals surface area contributed by atoms with E-state index >= 15 is 0 Å². The van der Waals surface area contributed by atoms with Crippen LogP contribution in [0.5, 0.6) is 0 Å². The van der Waals surface area contributed by atoms with Gasteiger partial charge in [-0.3, -0.25) is 9.69 Å². The van der Waals surface area contributed by atoms with Gasteiger partial charge in [-0.05, 0) is 50.4 Å². The fourth-order valence-electron chi connectivity index (χ4n) is 3.38. The standard InChI is InChI=1S/C18H34ClNO2/c19-18(22)13-8-6-4-2-1-3-5-7-10-14-20-15-11-9-12-17(20)16-21/h17,21H,1-16H2. The summed E-state index contributed by atoms with van der Waals surface area (Å²) in [5, 5.41) is 9.19. The van der Waals surface area contributed by atoms with Crippen molar-refractivity contribution in [2.75, 3.05) is 19.7 Å². The van der Waals surface area contributed by atoms with Gasteiger partial charge in [-0.15, -0.1) is 0 Å². The number of aliphatic hydroxyl groups is 1. The van der Waals surface area contributed by atoms with Crippen LogP contribution in [0, 0.1) is 0 Å². The molecule has 0 aromatic heterocycles. The maximum absolute atomic E-state index is 10.6. The number of hydrogen-bond donors (Lipinski definition) is 1. The van der Waals surface area contributed by atoms with Gasteiger partial charge in [0, 0.05) is 12.5 Å². The summed E-state index contributed by atoms with van der Waals surface area (Å²) in [6.07, 6.45) is 15.5. The largest absolute Gasteiger partial charge is 0.395 e. The Kier molecular flexibility index (Phi) is 12.1. The minimum absolute atomic E-state index is 0.197. The van der Waals surface area contributed by atoms with Gasteiger partial charge in [-0.2, -0.15) is 0 Å². The maximum atomic E-state index is 10.6. The lowest BCUT2D eigenvalue weighted by Crippen LogP contribution is -2.42. The molecule has 130 valence electrons. The van der Waals surface area contributed by atoms with E-state index in [-0.39, 0.29) is 5.24 Å². The molecule has 0 amide bonds. The number of carbonyl (C=O) groups excluding carboxylic acids is 1. The van der Waals surface area contributed by atoms with Crippen LogP contribution in [0.2, 0.25) is 0 Å². The highest BCUT2D eigenvalue weighted by molar-refractivity contribution is 6.63. The van der Waals surface area contributed by atoms with Gasteiger partial charge in [0.25, 0.3) is 0 Å². The zero-order chi connectivity index (χ0) is 16.0. The van der Waals surface area contributed by atoms with E-state index in [9.17, 15) is 9.90 Å². The molecule has 1 fully saturated rings. The number of halogens is 1. The number of aliphatic hydroxyl groups excluding tert-OH is 1. The molecule has 0 radical (unpaired) electrons. The van der Waals surface area contributed by atoms with Crippen molar-refractivity contribution in [1.82, 2.24) is 4.90 Å². The van der Waals surface area contributed by atoms with Crippen molar-refractivity contribution in [2.45, 2.75) is 89.5 Å². The zero-order valence-corrected chi connectivity index (χ0v) is 14.8. The third-order valence-electron chi connectivity index (χ3n) is 4.78. The molecule has 1 rings (SSSR count). The molecule has 4 heteroatoms. The van der Waals surface area contributed by atoms with Gasteiger partial charge in [0.15, 0.2) is 0 Å². The van der Waals surface area contributed by atoms with Gasteiger partial charge in [0.1, 0.15) is 0 Å². The van der Waals surface area contributed by atoms with Crippen LogP contribution in [0.4, 0.5) is 0 Å². The molecule has 3 nitrogen and oxygen atoms in total. The molecule has 0 aromatic carbocycles. The minimum Gasteiger partial charge on any atom is -0.395 e. The van der Waals surface area contributed by atoms with Crippen molar-refractivity contribution in [3.63, 3.8) is 0 Å². The molecule has 0 aliphatic carbocycles. The highest BCUT2D eigenvalue weighted by Gasteiger charge is 2.20. The van der Waals surface area contributed by atoms with E-state index in [0.717, 1.165) is 19.4 Å². The number of piperidine rings is 1. The normalized spacial score (nSPS) is 19.5. The maximum Gasteiger partial charge on any atom is 0.221 e. The molecule has 1 heterocycles. The molecule has 1 aliphatic heterocycles. The lowest BCUT2D eigenvalue weighted by Gasteiger charge is -2.34. The second-order valence-corrected chi connectivity index (χ2v) is 7.08. The minimum atomic E-state index is -0.197. The predicted octanol–water partition coefficient (Wildman–Crippen LogP) is 4.50. The molecule has 1 unspecified atom stereocenters. The number of hydrogen-bond acceptors (Lipinski definition) is 3. The van der Waals surface area contributed by atoms with E-state index in [1.807, 2.05) is 0 Å². The molecule has 1 aliphatic rings. The average Bonchev–Trinajstić information content (AvgIpc) is 2.52. The van der Waals surface area contributed by atoms with Gasteiger partial charge in [0.2, 0.25) is 5.24 Å². The van der Waals surface area contributed by atoms with E-state index in [0.29, 0.717) is 19.1 Å². The quantitative estimate of drug-likeness (QED) is 0.399. The van der Waals surface area contributed by atoms with E-state index in [4.69, 9.17) is 11.6 Å². The average molecular weight is 332 g/mol. The number of nitrogens with zero attached hydrogens (tertiary/aromatic N) is 1. The SMILES string of the molecule is O=C(Cl)CCCCCCCCCCCN1CCCCC1CO. The van der Waals surface area contributed by atoms with Crippen LogP contribution in [0.1, 0.15) is 83.5 Å². The third kappa shape index (κ3) is 9.81. The molecule has 0 spiro atoms. The first kappa shape index (κ1) is 19.9. The summed E-state index contributed by atoms with van der Waals surface area (Å²) in [6.45, 7) is 2.67. The summed E-state index contributed by atoms with van der Waals surface area (Å²) < 4.78 is 0. The first-order valence-corrected chi connectivity index (χ1v) is 9.65. The van der Waals surface area contributed by atoms with E-state index in [2.05, 4.69) is 4.90 Å². The fraction of sp³-hybridized carbons (Fsp3) is 0.944. The Balaban J connectivity index is 1.84. The van der Waals surface area contributed by atoms with E-state index in [1.165, 1.54) is 70.8 Å². The molecule has 1 atom stereocenters. The highest BCUT2D eigenvalue weighted by Crippen LogP contribution is 2.18. The van der Waals surface area contributed by atoms with Crippen molar-refractivity contribution < 1.29 is 9.90 Å². The predicted molar refractivity (Wildman–Crippen MR) is 93.3 cm³/mol. The fourth-order valence-corrected chi connectivity index (χ4v) is 3.51. The van der Waals surface area contributed by atoms with Crippen LogP contribution in [0.25, 0.3) is 0 Å². The summed E-state index contributed by atoms with van der Waals surface area (Å²) in [7, 11) is 0. The molecule has 1 N–H and O–H groups in total. The molecule has 1 saturated heterocycles. The van der Waals surface area contributed by atoms with Crippen LogP contribution >= 0.6 is 11.6 Å². The Bertz CT molecular complexity index is 286. The van der Waals surface area contributed by atoms with Crippen LogP contribution in [0.15, 0.2) is 0 Å². The Morgan fingerprint density at radius 3 is 2.14 bits per heavy atom. The second kappa shape index (κ2) is 13.3. The summed E-state index contributed by atoms with van der Waals surface area (Å²) >= 11 is 5.31. The Morgan fingerprint density at radius 1 is 0.955 bits per heavy atom. The van der Waals surface area contributed by atoms with E-state index in [1.54, 1.807) is 0 Å². The summed E-state index contributed by atoms with van der Waals surface area (Å²) in [4.78, 5) is 13.1. The highest BCUT2D eigenvalue weighted by atomic mass is 35.5. The third-order valence-corrected chi connectivity index (χ3v) is 4.97. The summed E-state index contributed by atoms with van der Waals surface area (Å²) in [5.74, 6) is 0. The van der Waals surface area contributed by atoms with Gasteiger partial charge >= 0.3 is 0 Å². The van der Waals surface area contributed by atoms with Crippen molar-refractivity contribution in [3.05, 3.63) is 0 Å². The molecule has 0 saturated carbocycles. The topological polar surface area (TPSA) is 40.5 Å². The van der Waals surface area contributed by atoms with Crippen LogP contribution < -0.4 is 0 Å². The summed E-state index contributed by atoms with van der Waals surface area (Å²) in [6, 6.07) is 0.425. The summed E-state index contributed by atoms with van der Waals surface area (Å²) in [5.41, 5.74) is 0. The van der Waals surface area contributed by atoms with Gasteiger partial charge in [0.05, 0.1) is 6.61 Å². The molecule has 0 aromatic rings. The molecule has 0 bridgehead atoms. The van der Waals surface area contributed by atoms with Gasteiger partial charge < -0.3 is 5.11 Å². The smallest absolute Gasteiger partial charge is 0.221 e. The lowest BCUT2D eigenvalue weighted by atomic mass is 10.0. The molecule has 22 heavy (non-hydrogen) atoms. The molecular weight excluding hydrogens is 298 g/mol. The first-order valence-electron chi connectivity index (χ1n) is 9.27. The Labute approximate surface area is 141 Å². The van der Waals surface area contributed by atoms with E-state index < -0.39 is 0 Å². The second-order valence-electron chi connectivity index (χ2n) is 6.66. The Hall–Kier alpha value is -0.120. The van der Waals surface area contributed by atoms with Crippen LogP contribution in [-0.4, -0.2) is 41.0 Å². The van der Waals surface area contributed by atoms with Crippen molar-refractivity contribution in [1.29, 1.82) is 0 Å². The number of carbonyl (C=O) groups is 1. The lowest BCUT2D eigenvalue weighted by molar-refractivity contribution is -0.111. The number of unbranched alkanes of at least 4 members (excludes halogenated alkanes) is 8.